The van der Waals surface area contributed by atoms with Gasteiger partial charge >= 0.3 is 0 Å². The topological polar surface area (TPSA) is 96.7 Å². The number of anilines is 2. The standard InChI is InChI=1S/C17H17FN4O3S/c1-25-15-8-11(22-26(2,3)24)7-13-16(15)17(20-9-19-13)21-12-5-4-10(18)6-14(12)23/h4-9,23H,1-3H3,(H,19,20,21). The number of halogens is 1. The highest BCUT2D eigenvalue weighted by molar-refractivity contribution is 7.92. The highest BCUT2D eigenvalue weighted by atomic mass is 32.2. The number of fused-ring (bicyclic) bond motifs is 1. The largest absolute Gasteiger partial charge is 0.506 e. The van der Waals surface area contributed by atoms with Gasteiger partial charge in [0.05, 0.1) is 29.4 Å². The number of ether oxygens (including phenoxy) is 1. The number of nitrogens with zero attached hydrogens (tertiary/aromatic N) is 3. The van der Waals surface area contributed by atoms with Gasteiger partial charge in [0.15, 0.2) is 0 Å². The number of hydrogen-bond donors (Lipinski definition) is 2. The first-order valence-electron chi connectivity index (χ1n) is 7.52. The van der Waals surface area contributed by atoms with Crippen molar-refractivity contribution >= 4 is 37.8 Å². The SMILES string of the molecule is COc1cc(N=S(C)(C)=O)cc2ncnc(Nc3ccc(F)cc3O)c12. The Hall–Kier alpha value is -2.94. The summed E-state index contributed by atoms with van der Waals surface area (Å²) >= 11 is 0. The number of hydrogen-bond acceptors (Lipinski definition) is 7. The normalized spacial score (nSPS) is 11.4. The van der Waals surface area contributed by atoms with Crippen LogP contribution in [0.25, 0.3) is 10.9 Å². The van der Waals surface area contributed by atoms with Crippen molar-refractivity contribution in [2.45, 2.75) is 0 Å². The van der Waals surface area contributed by atoms with E-state index >= 15 is 0 Å². The summed E-state index contributed by atoms with van der Waals surface area (Å²) in [5.74, 6) is -0.00477. The van der Waals surface area contributed by atoms with Crippen molar-refractivity contribution in [3.63, 3.8) is 0 Å². The Morgan fingerprint density at radius 2 is 2.00 bits per heavy atom. The van der Waals surface area contributed by atoms with Gasteiger partial charge in [-0.1, -0.05) is 0 Å². The number of aromatic nitrogens is 2. The zero-order valence-electron chi connectivity index (χ0n) is 14.4. The second-order valence-corrected chi connectivity index (χ2v) is 8.37. The highest BCUT2D eigenvalue weighted by Crippen LogP contribution is 2.37. The van der Waals surface area contributed by atoms with E-state index in [-0.39, 0.29) is 11.4 Å². The molecule has 3 aromatic rings. The molecule has 0 aliphatic rings. The van der Waals surface area contributed by atoms with E-state index in [4.69, 9.17) is 4.74 Å². The summed E-state index contributed by atoms with van der Waals surface area (Å²) in [6, 6.07) is 6.92. The van der Waals surface area contributed by atoms with Gasteiger partial charge in [-0.2, -0.15) is 4.36 Å². The fraction of sp³-hybridized carbons (Fsp3) is 0.176. The maximum absolute atomic E-state index is 13.2. The second kappa shape index (κ2) is 6.75. The van der Waals surface area contributed by atoms with Crippen LogP contribution < -0.4 is 10.1 Å². The van der Waals surface area contributed by atoms with E-state index in [2.05, 4.69) is 19.6 Å². The van der Waals surface area contributed by atoms with Gasteiger partial charge in [0, 0.05) is 34.4 Å². The number of nitrogens with one attached hydrogen (secondary N) is 1. The second-order valence-electron chi connectivity index (χ2n) is 5.82. The van der Waals surface area contributed by atoms with Crippen LogP contribution in [0.1, 0.15) is 0 Å². The molecule has 1 aromatic heterocycles. The molecule has 136 valence electrons. The van der Waals surface area contributed by atoms with Gasteiger partial charge in [-0.25, -0.2) is 18.6 Å². The Morgan fingerprint density at radius 1 is 1.23 bits per heavy atom. The van der Waals surface area contributed by atoms with Gasteiger partial charge in [0.25, 0.3) is 0 Å². The number of benzene rings is 2. The maximum atomic E-state index is 13.2. The Labute approximate surface area is 150 Å². The molecule has 3 rings (SSSR count). The van der Waals surface area contributed by atoms with Gasteiger partial charge in [-0.05, 0) is 18.2 Å². The third kappa shape index (κ3) is 3.83. The van der Waals surface area contributed by atoms with Gasteiger partial charge in [-0.3, -0.25) is 0 Å². The van der Waals surface area contributed by atoms with Gasteiger partial charge in [0.1, 0.15) is 29.5 Å². The first-order chi connectivity index (χ1) is 12.3. The number of methoxy groups -OCH3 is 1. The van der Waals surface area contributed by atoms with Crippen LogP contribution in [0, 0.1) is 5.82 Å². The van der Waals surface area contributed by atoms with E-state index in [1.165, 1.54) is 38.1 Å². The van der Waals surface area contributed by atoms with E-state index < -0.39 is 15.5 Å². The number of aromatic hydroxyl groups is 1. The average Bonchev–Trinajstić information content (AvgIpc) is 2.55. The molecule has 9 heteroatoms. The molecule has 0 saturated heterocycles. The van der Waals surface area contributed by atoms with Crippen LogP contribution in [0.15, 0.2) is 41.0 Å². The monoisotopic (exact) mass is 376 g/mol. The predicted molar refractivity (Wildman–Crippen MR) is 99.5 cm³/mol. The number of rotatable bonds is 4. The quantitative estimate of drug-likeness (QED) is 0.676. The van der Waals surface area contributed by atoms with Gasteiger partial charge in [-0.15, -0.1) is 0 Å². The van der Waals surface area contributed by atoms with Crippen LogP contribution in [-0.4, -0.2) is 38.9 Å². The fourth-order valence-corrected chi connectivity index (χ4v) is 3.05. The van der Waals surface area contributed by atoms with Crippen LogP contribution in [0.4, 0.5) is 21.6 Å². The molecule has 0 atom stereocenters. The molecule has 0 bridgehead atoms. The molecule has 0 aliphatic carbocycles. The van der Waals surface area contributed by atoms with Crippen molar-refractivity contribution in [3.05, 3.63) is 42.5 Å². The molecule has 2 aromatic carbocycles. The van der Waals surface area contributed by atoms with Crippen molar-refractivity contribution in [1.29, 1.82) is 0 Å². The van der Waals surface area contributed by atoms with Crippen LogP contribution >= 0.6 is 0 Å². The van der Waals surface area contributed by atoms with E-state index in [0.29, 0.717) is 28.2 Å². The van der Waals surface area contributed by atoms with E-state index in [0.717, 1.165) is 6.07 Å². The summed E-state index contributed by atoms with van der Waals surface area (Å²) in [4.78, 5) is 8.40. The lowest BCUT2D eigenvalue weighted by Crippen LogP contribution is -1.99. The zero-order valence-corrected chi connectivity index (χ0v) is 15.2. The molecule has 7 nitrogen and oxygen atoms in total. The van der Waals surface area contributed by atoms with Crippen LogP contribution in [0.2, 0.25) is 0 Å². The summed E-state index contributed by atoms with van der Waals surface area (Å²) in [6.07, 6.45) is 4.41. The summed E-state index contributed by atoms with van der Waals surface area (Å²) in [7, 11) is -0.861. The zero-order chi connectivity index (χ0) is 18.9. The molecule has 0 fully saturated rings. The molecule has 1 heterocycles. The molecule has 0 spiro atoms. The minimum absolute atomic E-state index is 0.251. The minimum atomic E-state index is -2.35. The van der Waals surface area contributed by atoms with E-state index in [1.807, 2.05) is 0 Å². The predicted octanol–water partition coefficient (Wildman–Crippen LogP) is 3.59. The summed E-state index contributed by atoms with van der Waals surface area (Å²) < 4.78 is 34.7. The molecule has 26 heavy (non-hydrogen) atoms. The highest BCUT2D eigenvalue weighted by Gasteiger charge is 2.14. The first-order valence-corrected chi connectivity index (χ1v) is 9.85. The lowest BCUT2D eigenvalue weighted by atomic mass is 10.2. The third-order valence-electron chi connectivity index (χ3n) is 3.44. The fourth-order valence-electron chi connectivity index (χ4n) is 2.44. The Kier molecular flexibility index (Phi) is 4.64. The molecule has 2 N–H and O–H groups in total. The smallest absolute Gasteiger partial charge is 0.145 e. The Morgan fingerprint density at radius 3 is 2.65 bits per heavy atom. The van der Waals surface area contributed by atoms with E-state index in [9.17, 15) is 13.7 Å². The Balaban J connectivity index is 2.17. The van der Waals surface area contributed by atoms with Crippen LogP contribution in [0.5, 0.6) is 11.5 Å². The van der Waals surface area contributed by atoms with E-state index in [1.54, 1.807) is 12.1 Å². The van der Waals surface area contributed by atoms with Crippen molar-refractivity contribution in [3.8, 4) is 11.5 Å². The Bertz CT molecular complexity index is 1100. The molecule has 0 radical (unpaired) electrons. The number of phenols is 1. The summed E-state index contributed by atoms with van der Waals surface area (Å²) in [6.45, 7) is 0. The van der Waals surface area contributed by atoms with Crippen molar-refractivity contribution in [2.24, 2.45) is 4.36 Å². The molecule has 0 saturated carbocycles. The van der Waals surface area contributed by atoms with Crippen molar-refractivity contribution < 1.29 is 18.4 Å². The average molecular weight is 376 g/mol. The first kappa shape index (κ1) is 17.9. The summed E-state index contributed by atoms with van der Waals surface area (Å²) in [5.41, 5.74) is 1.27. The lowest BCUT2D eigenvalue weighted by molar-refractivity contribution is 0.420. The molecule has 0 unspecified atom stereocenters. The minimum Gasteiger partial charge on any atom is -0.506 e. The third-order valence-corrected chi connectivity index (χ3v) is 4.10. The lowest BCUT2D eigenvalue weighted by Gasteiger charge is -2.13. The molecular weight excluding hydrogens is 359 g/mol. The maximum Gasteiger partial charge on any atom is 0.145 e. The van der Waals surface area contributed by atoms with Crippen molar-refractivity contribution in [2.75, 3.05) is 24.9 Å². The van der Waals surface area contributed by atoms with Gasteiger partial charge < -0.3 is 15.2 Å². The van der Waals surface area contributed by atoms with Gasteiger partial charge in [0.2, 0.25) is 0 Å². The number of phenolic OH excluding ortho intramolecular Hbond substituents is 1. The molecular formula is C17H17FN4O3S. The van der Waals surface area contributed by atoms with Crippen LogP contribution in [0.3, 0.4) is 0 Å². The van der Waals surface area contributed by atoms with Crippen molar-refractivity contribution in [1.82, 2.24) is 9.97 Å². The summed E-state index contributed by atoms with van der Waals surface area (Å²) in [5, 5.41) is 13.4. The molecule has 0 amide bonds. The van der Waals surface area contributed by atoms with Crippen LogP contribution in [-0.2, 0) is 9.73 Å². The molecule has 0 aliphatic heterocycles.